The summed E-state index contributed by atoms with van der Waals surface area (Å²) in [5.74, 6) is -0.107. The maximum atomic E-state index is 14.4. The number of hydrogen-bond acceptors (Lipinski definition) is 5. The van der Waals surface area contributed by atoms with E-state index in [1.54, 1.807) is 17.0 Å². The number of nitrogens with one attached hydrogen (secondary N) is 1. The summed E-state index contributed by atoms with van der Waals surface area (Å²) in [6.45, 7) is 3.89. The Morgan fingerprint density at radius 1 is 1.27 bits per heavy atom. The minimum Gasteiger partial charge on any atom is -0.351 e. The van der Waals surface area contributed by atoms with E-state index < -0.39 is 17.4 Å². The zero-order valence-electron chi connectivity index (χ0n) is 16.7. The van der Waals surface area contributed by atoms with Gasteiger partial charge in [0.25, 0.3) is 0 Å². The number of halogens is 2. The third-order valence-electron chi connectivity index (χ3n) is 5.61. The van der Waals surface area contributed by atoms with Gasteiger partial charge in [0.2, 0.25) is 0 Å². The van der Waals surface area contributed by atoms with Crippen molar-refractivity contribution < 1.29 is 9.18 Å². The Hall–Kier alpha value is -2.97. The Bertz CT molecular complexity index is 1130. The van der Waals surface area contributed by atoms with Crippen LogP contribution in [0.25, 0.3) is 10.9 Å². The van der Waals surface area contributed by atoms with E-state index in [0.717, 1.165) is 12.1 Å². The number of anilines is 2. The van der Waals surface area contributed by atoms with E-state index in [2.05, 4.69) is 20.2 Å². The zero-order valence-corrected chi connectivity index (χ0v) is 17.4. The first-order chi connectivity index (χ1) is 14.3. The molecule has 1 saturated heterocycles. The Morgan fingerprint density at radius 2 is 2.07 bits per heavy atom. The number of rotatable bonds is 3. The first-order valence-corrected chi connectivity index (χ1v) is 9.89. The minimum atomic E-state index is -0.624. The molecule has 0 saturated carbocycles. The van der Waals surface area contributed by atoms with Gasteiger partial charge in [-0.2, -0.15) is 0 Å². The third-order valence-corrected chi connectivity index (χ3v) is 5.90. The van der Waals surface area contributed by atoms with Gasteiger partial charge in [-0.15, -0.1) is 0 Å². The van der Waals surface area contributed by atoms with Crippen LogP contribution in [0.4, 0.5) is 20.7 Å². The van der Waals surface area contributed by atoms with Gasteiger partial charge < -0.3 is 20.9 Å². The summed E-state index contributed by atoms with van der Waals surface area (Å²) in [5.41, 5.74) is 6.86. The zero-order chi connectivity index (χ0) is 21.5. The molecular weight excluding hydrogens is 407 g/mol. The van der Waals surface area contributed by atoms with E-state index >= 15 is 0 Å². The summed E-state index contributed by atoms with van der Waals surface area (Å²) in [6, 6.07) is 10.00. The van der Waals surface area contributed by atoms with Gasteiger partial charge in [-0.3, -0.25) is 0 Å². The second-order valence-electron chi connectivity index (χ2n) is 7.68. The topological polar surface area (TPSA) is 87.4 Å². The molecule has 0 bridgehead atoms. The van der Waals surface area contributed by atoms with Crippen LogP contribution < -0.4 is 11.1 Å². The van der Waals surface area contributed by atoms with Crippen molar-refractivity contribution in [3.8, 4) is 0 Å². The highest BCUT2D eigenvalue weighted by molar-refractivity contribution is 6.31. The molecule has 0 aliphatic carbocycles. The van der Waals surface area contributed by atoms with Crippen molar-refractivity contribution in [2.24, 2.45) is 5.73 Å². The lowest BCUT2D eigenvalue weighted by Gasteiger charge is -2.47. The van der Waals surface area contributed by atoms with Crippen molar-refractivity contribution in [2.45, 2.75) is 12.5 Å². The van der Waals surface area contributed by atoms with Crippen molar-refractivity contribution in [2.75, 3.05) is 32.0 Å². The molecule has 9 heteroatoms. The van der Waals surface area contributed by atoms with Crippen LogP contribution in [0.15, 0.2) is 42.7 Å². The summed E-state index contributed by atoms with van der Waals surface area (Å²) in [4.78, 5) is 24.6. The normalized spacial score (nSPS) is 19.8. The summed E-state index contributed by atoms with van der Waals surface area (Å²) in [5, 5.41) is 3.74. The van der Waals surface area contributed by atoms with Crippen LogP contribution in [-0.4, -0.2) is 52.5 Å². The first kappa shape index (κ1) is 20.3. The molecule has 2 aromatic carbocycles. The summed E-state index contributed by atoms with van der Waals surface area (Å²) in [6.07, 6.45) is 1.42. The molecule has 3 N–H and O–H groups in total. The smallest absolute Gasteiger partial charge is 0.315 e. The lowest BCUT2D eigenvalue weighted by molar-refractivity contribution is 0.0491. The van der Waals surface area contributed by atoms with Crippen LogP contribution in [0, 0.1) is 5.82 Å². The number of amides is 2. The Labute approximate surface area is 178 Å². The fourth-order valence-electron chi connectivity index (χ4n) is 4.03. The van der Waals surface area contributed by atoms with Crippen molar-refractivity contribution in [3.63, 3.8) is 0 Å². The molecule has 1 aromatic heterocycles. The SMILES string of the molecule is CN1CCN(C(N)=O)[C@](C)(c2ccc3ncnc(Nc4cccc(Cl)c4F)c3c2)C1. The van der Waals surface area contributed by atoms with Crippen molar-refractivity contribution in [1.29, 1.82) is 0 Å². The molecule has 4 rings (SSSR count). The minimum absolute atomic E-state index is 0.0221. The Morgan fingerprint density at radius 3 is 2.83 bits per heavy atom. The average Bonchev–Trinajstić information content (AvgIpc) is 2.71. The molecule has 3 aromatic rings. The molecule has 7 nitrogen and oxygen atoms in total. The molecule has 0 radical (unpaired) electrons. The maximum Gasteiger partial charge on any atom is 0.315 e. The number of nitrogens with two attached hydrogens (primary N) is 1. The number of urea groups is 1. The molecule has 156 valence electrons. The van der Waals surface area contributed by atoms with Crippen molar-refractivity contribution in [3.05, 3.63) is 59.1 Å². The monoisotopic (exact) mass is 428 g/mol. The van der Waals surface area contributed by atoms with Gasteiger partial charge in [0.15, 0.2) is 5.82 Å². The van der Waals surface area contributed by atoms with Crippen LogP contribution in [0.1, 0.15) is 12.5 Å². The molecule has 2 amide bonds. The molecule has 2 heterocycles. The van der Waals surface area contributed by atoms with Crippen LogP contribution in [0.2, 0.25) is 5.02 Å². The number of fused-ring (bicyclic) bond motifs is 1. The first-order valence-electron chi connectivity index (χ1n) is 9.51. The predicted molar refractivity (Wildman–Crippen MR) is 115 cm³/mol. The molecule has 1 aliphatic heterocycles. The second-order valence-corrected chi connectivity index (χ2v) is 8.09. The van der Waals surface area contributed by atoms with Crippen LogP contribution >= 0.6 is 11.6 Å². The van der Waals surface area contributed by atoms with Crippen LogP contribution in [-0.2, 0) is 5.54 Å². The lowest BCUT2D eigenvalue weighted by Crippen LogP contribution is -2.61. The molecule has 30 heavy (non-hydrogen) atoms. The van der Waals surface area contributed by atoms with Crippen LogP contribution in [0.3, 0.4) is 0 Å². The molecule has 0 spiro atoms. The second kappa shape index (κ2) is 7.70. The molecule has 0 unspecified atom stereocenters. The average molecular weight is 429 g/mol. The third kappa shape index (κ3) is 3.53. The quantitative estimate of drug-likeness (QED) is 0.664. The molecule has 1 atom stereocenters. The number of carbonyl (C=O) groups is 1. The highest BCUT2D eigenvalue weighted by Gasteiger charge is 2.40. The molecular formula is C21H22ClFN6O. The number of piperazine rings is 1. The molecule has 1 fully saturated rings. The van der Waals surface area contributed by atoms with E-state index in [1.807, 2.05) is 32.2 Å². The van der Waals surface area contributed by atoms with Gasteiger partial charge in [0.05, 0.1) is 21.8 Å². The van der Waals surface area contributed by atoms with Gasteiger partial charge in [0, 0.05) is 25.0 Å². The number of likely N-dealkylation sites (N-methyl/N-ethyl adjacent to an activating group) is 1. The predicted octanol–water partition coefficient (Wildman–Crippen LogP) is 3.71. The highest BCUT2D eigenvalue weighted by atomic mass is 35.5. The van der Waals surface area contributed by atoms with Gasteiger partial charge in [-0.25, -0.2) is 19.2 Å². The van der Waals surface area contributed by atoms with Gasteiger partial charge in [-0.1, -0.05) is 23.7 Å². The Balaban J connectivity index is 1.81. The van der Waals surface area contributed by atoms with Crippen molar-refractivity contribution >= 4 is 40.0 Å². The van der Waals surface area contributed by atoms with Crippen molar-refractivity contribution in [1.82, 2.24) is 19.8 Å². The van der Waals surface area contributed by atoms with Crippen LogP contribution in [0.5, 0.6) is 0 Å². The standard InChI is InChI=1S/C21H22ClFN6O/c1-21(11-28(2)8-9-29(21)20(24)30)13-6-7-16-14(10-13)19(26-12-25-16)27-17-5-3-4-15(22)18(17)23/h3-7,10,12H,8-9,11H2,1-2H3,(H2,24,30)(H,25,26,27)/t21-/m0/s1. The number of aromatic nitrogens is 2. The largest absolute Gasteiger partial charge is 0.351 e. The fourth-order valence-corrected chi connectivity index (χ4v) is 4.20. The van der Waals surface area contributed by atoms with Gasteiger partial charge in [-0.05, 0) is 43.8 Å². The summed E-state index contributed by atoms with van der Waals surface area (Å²) in [7, 11) is 2.01. The van der Waals surface area contributed by atoms with E-state index in [-0.39, 0.29) is 10.7 Å². The fraction of sp³-hybridized carbons (Fsp3) is 0.286. The van der Waals surface area contributed by atoms with E-state index in [4.69, 9.17) is 17.3 Å². The summed E-state index contributed by atoms with van der Waals surface area (Å²) >= 11 is 5.90. The Kier molecular flexibility index (Phi) is 5.21. The molecule has 1 aliphatic rings. The summed E-state index contributed by atoms with van der Waals surface area (Å²) < 4.78 is 14.4. The maximum absolute atomic E-state index is 14.4. The lowest BCUT2D eigenvalue weighted by atomic mass is 9.87. The number of hydrogen-bond donors (Lipinski definition) is 2. The van der Waals surface area contributed by atoms with Gasteiger partial charge in [0.1, 0.15) is 12.1 Å². The van der Waals surface area contributed by atoms with E-state index in [1.165, 1.54) is 12.4 Å². The number of carbonyl (C=O) groups excluding carboxylic acids is 1. The number of benzene rings is 2. The number of nitrogens with zero attached hydrogens (tertiary/aromatic N) is 4. The highest BCUT2D eigenvalue weighted by Crippen LogP contribution is 2.35. The van der Waals surface area contributed by atoms with E-state index in [0.29, 0.717) is 29.8 Å². The van der Waals surface area contributed by atoms with Gasteiger partial charge >= 0.3 is 6.03 Å². The van der Waals surface area contributed by atoms with E-state index in [9.17, 15) is 9.18 Å². The number of primary amides is 1.